The quantitative estimate of drug-likeness (QED) is 0.583. The molecule has 2 aromatic heterocycles. The molecule has 2 aromatic rings. The third-order valence-electron chi connectivity index (χ3n) is 2.29. The molecule has 0 aromatic carbocycles. The van der Waals surface area contributed by atoms with Gasteiger partial charge in [-0.15, -0.1) is 11.3 Å². The maximum Gasteiger partial charge on any atom is 0.253 e. The van der Waals surface area contributed by atoms with Gasteiger partial charge < -0.3 is 16.5 Å². The maximum absolute atomic E-state index is 11.3. The minimum Gasteiger partial charge on any atom is -0.383 e. The summed E-state index contributed by atoms with van der Waals surface area (Å²) in [5, 5.41) is 0.579. The lowest BCUT2D eigenvalue weighted by atomic mass is 10.3. The number of nitrogens with two attached hydrogens (primary N) is 2. The van der Waals surface area contributed by atoms with Crippen molar-refractivity contribution in [1.82, 2.24) is 9.97 Å². The van der Waals surface area contributed by atoms with Crippen molar-refractivity contribution in [2.24, 2.45) is 5.73 Å². The molecule has 18 heavy (non-hydrogen) atoms. The highest BCUT2D eigenvalue weighted by molar-refractivity contribution is 7.99. The van der Waals surface area contributed by atoms with E-state index in [0.717, 1.165) is 0 Å². The fourth-order valence-electron chi connectivity index (χ4n) is 1.49. The van der Waals surface area contributed by atoms with Crippen LogP contribution in [-0.2, 0) is 0 Å². The highest BCUT2D eigenvalue weighted by Crippen LogP contribution is 2.35. The highest BCUT2D eigenvalue weighted by Gasteiger charge is 2.15. The van der Waals surface area contributed by atoms with Crippen molar-refractivity contribution < 1.29 is 0 Å². The summed E-state index contributed by atoms with van der Waals surface area (Å²) in [6.07, 6.45) is 0. The number of thiophene rings is 1. The second kappa shape index (κ2) is 5.55. The number of nitrogens with one attached hydrogen (secondary N) is 1. The van der Waals surface area contributed by atoms with Crippen LogP contribution < -0.4 is 17.0 Å². The van der Waals surface area contributed by atoms with Gasteiger partial charge in [-0.3, -0.25) is 4.79 Å². The average molecular weight is 282 g/mol. The van der Waals surface area contributed by atoms with Crippen LogP contribution in [0.25, 0.3) is 0 Å². The summed E-state index contributed by atoms with van der Waals surface area (Å²) in [5.74, 6) is 0.222. The molecule has 0 saturated carbocycles. The normalized spacial score (nSPS) is 12.6. The van der Waals surface area contributed by atoms with Gasteiger partial charge in [-0.25, -0.2) is 4.98 Å². The molecule has 0 amide bonds. The molecule has 5 nitrogen and oxygen atoms in total. The minimum atomic E-state index is -0.247. The van der Waals surface area contributed by atoms with Crippen LogP contribution in [0.2, 0.25) is 0 Å². The Labute approximate surface area is 113 Å². The topological polar surface area (TPSA) is 97.8 Å². The van der Waals surface area contributed by atoms with E-state index in [0.29, 0.717) is 11.7 Å². The SMILES string of the molecule is Cc1ccc(C(CN)Sc2nc(N)cc(=O)[nH]2)s1. The van der Waals surface area contributed by atoms with Gasteiger partial charge in [0.2, 0.25) is 0 Å². The Balaban J connectivity index is 2.22. The van der Waals surface area contributed by atoms with E-state index in [9.17, 15) is 4.79 Å². The van der Waals surface area contributed by atoms with Crippen molar-refractivity contribution in [2.75, 3.05) is 12.3 Å². The number of thioether (sulfide) groups is 1. The fourth-order valence-corrected chi connectivity index (χ4v) is 3.53. The molecule has 1 atom stereocenters. The Morgan fingerprint density at radius 3 is 2.89 bits per heavy atom. The Hall–Kier alpha value is -1.31. The smallest absolute Gasteiger partial charge is 0.253 e. The first-order chi connectivity index (χ1) is 8.58. The Bertz CT molecular complexity index is 593. The largest absolute Gasteiger partial charge is 0.383 e. The molecule has 0 aliphatic heterocycles. The molecule has 96 valence electrons. The predicted octanol–water partition coefficient (Wildman–Crippen LogP) is 1.51. The number of aromatic nitrogens is 2. The van der Waals surface area contributed by atoms with Gasteiger partial charge in [-0.05, 0) is 19.1 Å². The van der Waals surface area contributed by atoms with Crippen LogP contribution in [0, 0.1) is 6.92 Å². The summed E-state index contributed by atoms with van der Waals surface area (Å²) in [6, 6.07) is 5.37. The van der Waals surface area contributed by atoms with Gasteiger partial charge in [-0.1, -0.05) is 11.8 Å². The third-order valence-corrected chi connectivity index (χ3v) is 4.70. The van der Waals surface area contributed by atoms with Crippen molar-refractivity contribution in [3.8, 4) is 0 Å². The molecule has 0 aliphatic carbocycles. The standard InChI is InChI=1S/C11H14N4OS2/c1-6-2-3-7(17-6)8(5-12)18-11-14-9(13)4-10(16)15-11/h2-4,8H,5,12H2,1H3,(H3,13,14,15,16). The summed E-state index contributed by atoms with van der Waals surface area (Å²) < 4.78 is 0. The molecule has 0 spiro atoms. The van der Waals surface area contributed by atoms with Crippen LogP contribution in [0.15, 0.2) is 28.2 Å². The van der Waals surface area contributed by atoms with Gasteiger partial charge in [0.05, 0.1) is 5.25 Å². The first kappa shape index (κ1) is 13.1. The zero-order valence-corrected chi connectivity index (χ0v) is 11.5. The zero-order chi connectivity index (χ0) is 13.1. The molecule has 7 heteroatoms. The number of hydrogen-bond donors (Lipinski definition) is 3. The lowest BCUT2D eigenvalue weighted by Gasteiger charge is -2.11. The van der Waals surface area contributed by atoms with Gasteiger partial charge in [0.15, 0.2) is 5.16 Å². The van der Waals surface area contributed by atoms with E-state index in [1.807, 2.05) is 6.92 Å². The van der Waals surface area contributed by atoms with E-state index in [1.54, 1.807) is 11.3 Å². The summed E-state index contributed by atoms with van der Waals surface area (Å²) in [7, 11) is 0. The van der Waals surface area contributed by atoms with Crippen molar-refractivity contribution in [1.29, 1.82) is 0 Å². The van der Waals surface area contributed by atoms with Crippen LogP contribution >= 0.6 is 23.1 Å². The van der Waals surface area contributed by atoms with E-state index < -0.39 is 0 Å². The molecule has 2 heterocycles. The molecular weight excluding hydrogens is 268 g/mol. The molecule has 0 radical (unpaired) electrons. The van der Waals surface area contributed by atoms with Crippen LogP contribution in [0.3, 0.4) is 0 Å². The van der Waals surface area contributed by atoms with Gasteiger partial charge in [-0.2, -0.15) is 0 Å². The first-order valence-electron chi connectivity index (χ1n) is 5.38. The first-order valence-corrected chi connectivity index (χ1v) is 7.08. The van der Waals surface area contributed by atoms with E-state index in [4.69, 9.17) is 11.5 Å². The van der Waals surface area contributed by atoms with E-state index >= 15 is 0 Å². The molecule has 2 rings (SSSR count). The zero-order valence-electron chi connectivity index (χ0n) is 9.84. The van der Waals surface area contributed by atoms with Crippen molar-refractivity contribution in [3.63, 3.8) is 0 Å². The molecule has 0 aliphatic rings. The van der Waals surface area contributed by atoms with Crippen molar-refractivity contribution >= 4 is 28.9 Å². The number of nitrogen functional groups attached to an aromatic ring is 1. The summed E-state index contributed by atoms with van der Waals surface area (Å²) >= 11 is 3.12. The molecule has 0 fully saturated rings. The van der Waals surface area contributed by atoms with Crippen LogP contribution in [0.4, 0.5) is 5.82 Å². The van der Waals surface area contributed by atoms with Gasteiger partial charge in [0.25, 0.3) is 5.56 Å². The predicted molar refractivity (Wildman–Crippen MR) is 76.0 cm³/mol. The molecule has 1 unspecified atom stereocenters. The molecular formula is C11H14N4OS2. The molecule has 0 saturated heterocycles. The number of H-pyrrole nitrogens is 1. The summed E-state index contributed by atoms with van der Waals surface area (Å²) in [5.41, 5.74) is 11.1. The van der Waals surface area contributed by atoms with Crippen LogP contribution in [0.1, 0.15) is 15.0 Å². The second-order valence-electron chi connectivity index (χ2n) is 3.77. The number of rotatable bonds is 4. The van der Waals surface area contributed by atoms with E-state index in [-0.39, 0.29) is 16.6 Å². The van der Waals surface area contributed by atoms with Gasteiger partial charge in [0.1, 0.15) is 5.82 Å². The number of anilines is 1. The summed E-state index contributed by atoms with van der Waals surface area (Å²) in [6.45, 7) is 2.52. The van der Waals surface area contributed by atoms with Crippen LogP contribution in [0.5, 0.6) is 0 Å². The second-order valence-corrected chi connectivity index (χ2v) is 6.28. The van der Waals surface area contributed by atoms with Gasteiger partial charge in [0, 0.05) is 22.4 Å². The summed E-state index contributed by atoms with van der Waals surface area (Å²) in [4.78, 5) is 20.5. The minimum absolute atomic E-state index is 0.0775. The van der Waals surface area contributed by atoms with E-state index in [2.05, 4.69) is 22.1 Å². The number of nitrogens with zero attached hydrogens (tertiary/aromatic N) is 1. The molecule has 0 bridgehead atoms. The van der Waals surface area contributed by atoms with Crippen LogP contribution in [-0.4, -0.2) is 16.5 Å². The van der Waals surface area contributed by atoms with Crippen molar-refractivity contribution in [3.05, 3.63) is 38.3 Å². The lowest BCUT2D eigenvalue weighted by molar-refractivity contribution is 0.910. The number of aromatic amines is 1. The Morgan fingerprint density at radius 2 is 2.33 bits per heavy atom. The number of aryl methyl sites for hydroxylation is 1. The highest BCUT2D eigenvalue weighted by atomic mass is 32.2. The fraction of sp³-hybridized carbons (Fsp3) is 0.273. The lowest BCUT2D eigenvalue weighted by Crippen LogP contribution is -2.13. The Kier molecular flexibility index (Phi) is 4.05. The Morgan fingerprint density at radius 1 is 1.56 bits per heavy atom. The average Bonchev–Trinajstić information content (AvgIpc) is 2.71. The van der Waals surface area contributed by atoms with Gasteiger partial charge >= 0.3 is 0 Å². The van der Waals surface area contributed by atoms with Crippen molar-refractivity contribution in [2.45, 2.75) is 17.3 Å². The third kappa shape index (κ3) is 3.12. The molecule has 5 N–H and O–H groups in total. The van der Waals surface area contributed by atoms with E-state index in [1.165, 1.54) is 27.6 Å². The maximum atomic E-state index is 11.3. The monoisotopic (exact) mass is 282 g/mol. The number of hydrogen-bond acceptors (Lipinski definition) is 6.